The fourth-order valence-electron chi connectivity index (χ4n) is 2.58. The molecule has 1 atom stereocenters. The van der Waals surface area contributed by atoms with Crippen LogP contribution in [0.2, 0.25) is 0 Å². The summed E-state index contributed by atoms with van der Waals surface area (Å²) in [7, 11) is 1.80. The van der Waals surface area contributed by atoms with Gasteiger partial charge in [-0.05, 0) is 31.7 Å². The summed E-state index contributed by atoms with van der Waals surface area (Å²) in [5.41, 5.74) is 1.37. The van der Waals surface area contributed by atoms with E-state index in [4.69, 9.17) is 4.52 Å². The highest BCUT2D eigenvalue weighted by Gasteiger charge is 2.09. The Labute approximate surface area is 156 Å². The van der Waals surface area contributed by atoms with Crippen molar-refractivity contribution in [3.63, 3.8) is 0 Å². The lowest BCUT2D eigenvalue weighted by atomic mass is 10.1. The molecule has 26 heavy (non-hydrogen) atoms. The lowest BCUT2D eigenvalue weighted by Gasteiger charge is -2.17. The number of rotatable bonds is 9. The van der Waals surface area contributed by atoms with E-state index in [0.717, 1.165) is 44.0 Å². The van der Waals surface area contributed by atoms with Gasteiger partial charge in [0.15, 0.2) is 11.8 Å². The van der Waals surface area contributed by atoms with E-state index in [-0.39, 0.29) is 0 Å². The average Bonchev–Trinajstić information content (AvgIpc) is 3.12. The molecule has 2 rings (SSSR count). The van der Waals surface area contributed by atoms with Crippen LogP contribution in [-0.2, 0) is 12.8 Å². The quantitative estimate of drug-likeness (QED) is 0.409. The summed E-state index contributed by atoms with van der Waals surface area (Å²) >= 11 is 0. The van der Waals surface area contributed by atoms with Crippen molar-refractivity contribution in [1.29, 1.82) is 0 Å². The van der Waals surface area contributed by atoms with E-state index in [2.05, 4.69) is 76.9 Å². The van der Waals surface area contributed by atoms with Crippen LogP contribution in [0, 0.1) is 0 Å². The summed E-state index contributed by atoms with van der Waals surface area (Å²) in [6, 6.07) is 10.9. The zero-order valence-electron chi connectivity index (χ0n) is 16.3. The van der Waals surface area contributed by atoms with Gasteiger partial charge in [-0.15, -0.1) is 0 Å². The van der Waals surface area contributed by atoms with Crippen molar-refractivity contribution in [3.8, 4) is 0 Å². The molecule has 0 radical (unpaired) electrons. The highest BCUT2D eigenvalue weighted by Crippen LogP contribution is 2.10. The molecule has 1 aromatic carbocycles. The molecular weight excluding hydrogens is 326 g/mol. The third-order valence-corrected chi connectivity index (χ3v) is 4.18. The van der Waals surface area contributed by atoms with Crippen molar-refractivity contribution in [2.75, 3.05) is 13.6 Å². The normalized spacial score (nSPS) is 13.0. The van der Waals surface area contributed by atoms with Crippen molar-refractivity contribution < 1.29 is 4.52 Å². The van der Waals surface area contributed by atoms with Crippen LogP contribution in [0.5, 0.6) is 0 Å². The fraction of sp³-hybridized carbons (Fsp3) is 0.550. The number of hydrogen-bond donors (Lipinski definition) is 2. The molecule has 0 saturated heterocycles. The average molecular weight is 358 g/mol. The van der Waals surface area contributed by atoms with Crippen LogP contribution in [0.15, 0.2) is 39.8 Å². The zero-order valence-corrected chi connectivity index (χ0v) is 16.3. The number of aliphatic imine (C=N–C) groups is 1. The molecule has 0 fully saturated rings. The molecule has 1 unspecified atom stereocenters. The molecule has 6 heteroatoms. The molecule has 1 heterocycles. The number of hydrogen-bond acceptors (Lipinski definition) is 4. The fourth-order valence-corrected chi connectivity index (χ4v) is 2.58. The van der Waals surface area contributed by atoms with E-state index >= 15 is 0 Å². The molecule has 0 aliphatic carbocycles. The van der Waals surface area contributed by atoms with Crippen LogP contribution in [0.3, 0.4) is 0 Å². The second-order valence-corrected chi connectivity index (χ2v) is 6.87. The van der Waals surface area contributed by atoms with Gasteiger partial charge in [0.25, 0.3) is 0 Å². The SMILES string of the molecule is CN=C(NCCCc1nc(C(C)C)no1)NC(C)CCc1ccccc1. The van der Waals surface area contributed by atoms with Crippen LogP contribution in [0.1, 0.15) is 56.8 Å². The van der Waals surface area contributed by atoms with Crippen LogP contribution in [0.4, 0.5) is 0 Å². The van der Waals surface area contributed by atoms with Gasteiger partial charge < -0.3 is 15.2 Å². The van der Waals surface area contributed by atoms with Crippen LogP contribution in [0.25, 0.3) is 0 Å². The second kappa shape index (κ2) is 10.6. The van der Waals surface area contributed by atoms with Crippen molar-refractivity contribution in [3.05, 3.63) is 47.6 Å². The molecule has 142 valence electrons. The Morgan fingerprint density at radius 2 is 1.92 bits per heavy atom. The molecule has 0 bridgehead atoms. The van der Waals surface area contributed by atoms with Crippen molar-refractivity contribution in [2.24, 2.45) is 4.99 Å². The molecule has 0 saturated carbocycles. The smallest absolute Gasteiger partial charge is 0.226 e. The highest BCUT2D eigenvalue weighted by molar-refractivity contribution is 5.79. The molecule has 0 spiro atoms. The minimum atomic E-state index is 0.297. The molecule has 6 nitrogen and oxygen atoms in total. The number of aryl methyl sites for hydroxylation is 2. The monoisotopic (exact) mass is 357 g/mol. The van der Waals surface area contributed by atoms with E-state index in [1.807, 2.05) is 0 Å². The van der Waals surface area contributed by atoms with E-state index in [1.54, 1.807) is 7.05 Å². The summed E-state index contributed by atoms with van der Waals surface area (Å²) in [6.07, 6.45) is 3.80. The lowest BCUT2D eigenvalue weighted by molar-refractivity contribution is 0.368. The Morgan fingerprint density at radius 3 is 2.58 bits per heavy atom. The predicted octanol–water partition coefficient (Wildman–Crippen LogP) is 3.31. The zero-order chi connectivity index (χ0) is 18.8. The number of benzene rings is 1. The maximum absolute atomic E-state index is 5.26. The highest BCUT2D eigenvalue weighted by atomic mass is 16.5. The Balaban J connectivity index is 1.65. The van der Waals surface area contributed by atoms with E-state index in [0.29, 0.717) is 17.9 Å². The number of guanidine groups is 1. The maximum atomic E-state index is 5.26. The number of nitrogens with zero attached hydrogens (tertiary/aromatic N) is 3. The maximum Gasteiger partial charge on any atom is 0.226 e. The van der Waals surface area contributed by atoms with Gasteiger partial charge in [-0.2, -0.15) is 4.98 Å². The summed E-state index contributed by atoms with van der Waals surface area (Å²) in [4.78, 5) is 8.69. The second-order valence-electron chi connectivity index (χ2n) is 6.87. The van der Waals surface area contributed by atoms with Gasteiger partial charge in [-0.1, -0.05) is 49.3 Å². The molecule has 1 aromatic heterocycles. The van der Waals surface area contributed by atoms with Gasteiger partial charge in [0.1, 0.15) is 0 Å². The van der Waals surface area contributed by atoms with Crippen LogP contribution < -0.4 is 10.6 Å². The van der Waals surface area contributed by atoms with Crippen LogP contribution >= 0.6 is 0 Å². The first-order valence-corrected chi connectivity index (χ1v) is 9.42. The largest absolute Gasteiger partial charge is 0.356 e. The van der Waals surface area contributed by atoms with E-state index < -0.39 is 0 Å². The standard InChI is InChI=1S/C20H31N5O/c1-15(2)19-24-18(26-25-19)11-8-14-22-20(21-4)23-16(3)12-13-17-9-6-5-7-10-17/h5-7,9-10,15-16H,8,11-14H2,1-4H3,(H2,21,22,23). The number of aromatic nitrogens is 2. The third-order valence-electron chi connectivity index (χ3n) is 4.18. The molecule has 0 aliphatic rings. The minimum Gasteiger partial charge on any atom is -0.356 e. The van der Waals surface area contributed by atoms with Gasteiger partial charge in [0.05, 0.1) is 0 Å². The molecule has 0 amide bonds. The van der Waals surface area contributed by atoms with Gasteiger partial charge in [0, 0.05) is 32.0 Å². The van der Waals surface area contributed by atoms with Crippen molar-refractivity contribution in [2.45, 2.75) is 58.4 Å². The first kappa shape index (κ1) is 19.9. The molecule has 2 N–H and O–H groups in total. The molecule has 2 aromatic rings. The van der Waals surface area contributed by atoms with Gasteiger partial charge in [-0.25, -0.2) is 0 Å². The molecule has 0 aliphatic heterocycles. The first-order chi connectivity index (χ1) is 12.6. The van der Waals surface area contributed by atoms with Gasteiger partial charge in [0.2, 0.25) is 5.89 Å². The molecular formula is C20H31N5O. The Kier molecular flexibility index (Phi) is 8.12. The Morgan fingerprint density at radius 1 is 1.15 bits per heavy atom. The van der Waals surface area contributed by atoms with Crippen LogP contribution in [-0.4, -0.2) is 35.7 Å². The lowest BCUT2D eigenvalue weighted by Crippen LogP contribution is -2.42. The minimum absolute atomic E-state index is 0.297. The Bertz CT molecular complexity index is 666. The summed E-state index contributed by atoms with van der Waals surface area (Å²) < 4.78 is 5.26. The summed E-state index contributed by atoms with van der Waals surface area (Å²) in [6.45, 7) is 7.11. The van der Waals surface area contributed by atoms with Gasteiger partial charge >= 0.3 is 0 Å². The third kappa shape index (κ3) is 6.86. The van der Waals surface area contributed by atoms with Crippen molar-refractivity contribution in [1.82, 2.24) is 20.8 Å². The Hall–Kier alpha value is -2.37. The van der Waals surface area contributed by atoms with Crippen molar-refractivity contribution >= 4 is 5.96 Å². The summed E-state index contributed by atoms with van der Waals surface area (Å²) in [5, 5.41) is 10.8. The topological polar surface area (TPSA) is 75.3 Å². The first-order valence-electron chi connectivity index (χ1n) is 9.42. The van der Waals surface area contributed by atoms with E-state index in [9.17, 15) is 0 Å². The summed E-state index contributed by atoms with van der Waals surface area (Å²) in [5.74, 6) is 2.61. The predicted molar refractivity (Wildman–Crippen MR) is 105 cm³/mol. The van der Waals surface area contributed by atoms with E-state index in [1.165, 1.54) is 5.56 Å². The number of nitrogens with one attached hydrogen (secondary N) is 2. The van der Waals surface area contributed by atoms with Gasteiger partial charge in [-0.3, -0.25) is 4.99 Å².